The van der Waals surface area contributed by atoms with Gasteiger partial charge in [-0.15, -0.1) is 4.73 Å². The number of aryl methyl sites for hydroxylation is 2. The Hall–Kier alpha value is -1.71. The predicted octanol–water partition coefficient (Wildman–Crippen LogP) is 0.808. The molecule has 1 aromatic carbocycles. The highest BCUT2D eigenvalue weighted by Gasteiger charge is 2.19. The lowest BCUT2D eigenvalue weighted by Gasteiger charge is -2.12. The largest absolute Gasteiger partial charge is 0.412 e. The van der Waals surface area contributed by atoms with Gasteiger partial charge in [-0.2, -0.15) is 0 Å². The van der Waals surface area contributed by atoms with Crippen LogP contribution in [0.15, 0.2) is 23.0 Å². The molecule has 3 rings (SSSR count). The third kappa shape index (κ3) is 0.988. The molecule has 0 bridgehead atoms. The standard InChI is InChI=1S/C11H12N2O2/c1-15-13-9-6-2-4-8-5-3-7-12(10(8)9)11(13)14/h2,4,6H,3,5,7H2,1H3. The maximum absolute atomic E-state index is 11.9. The van der Waals surface area contributed by atoms with Crippen molar-refractivity contribution in [2.24, 2.45) is 0 Å². The lowest BCUT2D eigenvalue weighted by atomic mass is 10.1. The van der Waals surface area contributed by atoms with Crippen molar-refractivity contribution in [1.29, 1.82) is 0 Å². The topological polar surface area (TPSA) is 36.2 Å². The summed E-state index contributed by atoms with van der Waals surface area (Å²) in [5, 5.41) is 0. The van der Waals surface area contributed by atoms with Gasteiger partial charge in [-0.05, 0) is 24.5 Å². The van der Waals surface area contributed by atoms with Gasteiger partial charge in [0.05, 0.1) is 5.52 Å². The average Bonchev–Trinajstić information content (AvgIpc) is 2.55. The van der Waals surface area contributed by atoms with Gasteiger partial charge in [0.1, 0.15) is 12.6 Å². The van der Waals surface area contributed by atoms with E-state index in [4.69, 9.17) is 4.84 Å². The van der Waals surface area contributed by atoms with Gasteiger partial charge in [0.25, 0.3) is 0 Å². The highest BCUT2D eigenvalue weighted by Crippen LogP contribution is 2.23. The zero-order chi connectivity index (χ0) is 10.4. The monoisotopic (exact) mass is 204 g/mol. The Morgan fingerprint density at radius 1 is 1.40 bits per heavy atom. The van der Waals surface area contributed by atoms with E-state index in [0.717, 1.165) is 30.4 Å². The van der Waals surface area contributed by atoms with Crippen LogP contribution in [-0.2, 0) is 13.0 Å². The van der Waals surface area contributed by atoms with Crippen LogP contribution in [0.1, 0.15) is 12.0 Å². The Morgan fingerprint density at radius 2 is 2.27 bits per heavy atom. The van der Waals surface area contributed by atoms with Crippen LogP contribution in [0.5, 0.6) is 0 Å². The SMILES string of the molecule is COn1c(=O)n2c3c(cccc31)CCC2. The van der Waals surface area contributed by atoms with Crippen LogP contribution >= 0.6 is 0 Å². The van der Waals surface area contributed by atoms with Crippen molar-refractivity contribution in [3.05, 3.63) is 34.2 Å². The number of hydrogen-bond acceptors (Lipinski definition) is 2. The summed E-state index contributed by atoms with van der Waals surface area (Å²) < 4.78 is 3.17. The molecule has 0 fully saturated rings. The molecule has 0 N–H and O–H groups in total. The van der Waals surface area contributed by atoms with Crippen molar-refractivity contribution in [3.8, 4) is 0 Å². The van der Waals surface area contributed by atoms with Crippen molar-refractivity contribution in [2.75, 3.05) is 7.11 Å². The van der Waals surface area contributed by atoms with Gasteiger partial charge >= 0.3 is 5.69 Å². The summed E-state index contributed by atoms with van der Waals surface area (Å²) in [7, 11) is 1.52. The minimum atomic E-state index is -0.0698. The van der Waals surface area contributed by atoms with Crippen LogP contribution in [0.4, 0.5) is 0 Å². The molecule has 0 radical (unpaired) electrons. The first-order valence-electron chi connectivity index (χ1n) is 5.10. The Morgan fingerprint density at radius 3 is 3.07 bits per heavy atom. The second-order valence-electron chi connectivity index (χ2n) is 3.80. The fourth-order valence-corrected chi connectivity index (χ4v) is 2.37. The zero-order valence-corrected chi connectivity index (χ0v) is 8.56. The second kappa shape index (κ2) is 2.89. The molecule has 15 heavy (non-hydrogen) atoms. The van der Waals surface area contributed by atoms with E-state index in [1.54, 1.807) is 4.57 Å². The Kier molecular flexibility index (Phi) is 1.65. The molecule has 1 aromatic heterocycles. The van der Waals surface area contributed by atoms with E-state index in [1.165, 1.54) is 17.4 Å². The molecule has 4 nitrogen and oxygen atoms in total. The summed E-state index contributed by atoms with van der Waals surface area (Å²) in [5.41, 5.74) is 3.08. The molecule has 0 saturated heterocycles. The highest BCUT2D eigenvalue weighted by atomic mass is 16.7. The van der Waals surface area contributed by atoms with E-state index >= 15 is 0 Å². The molecule has 0 aliphatic carbocycles. The molecular weight excluding hydrogens is 192 g/mol. The van der Waals surface area contributed by atoms with E-state index in [0.29, 0.717) is 0 Å². The number of aromatic nitrogens is 2. The van der Waals surface area contributed by atoms with Gasteiger partial charge in [-0.25, -0.2) is 4.79 Å². The van der Waals surface area contributed by atoms with Crippen molar-refractivity contribution >= 4 is 11.0 Å². The van der Waals surface area contributed by atoms with Gasteiger partial charge in [-0.1, -0.05) is 12.1 Å². The van der Waals surface area contributed by atoms with Crippen LogP contribution in [0.3, 0.4) is 0 Å². The normalized spacial score (nSPS) is 14.5. The molecule has 78 valence electrons. The van der Waals surface area contributed by atoms with E-state index in [2.05, 4.69) is 6.07 Å². The Labute approximate surface area is 86.6 Å². The minimum Gasteiger partial charge on any atom is -0.412 e. The quantitative estimate of drug-likeness (QED) is 0.689. The Bertz CT molecular complexity index is 580. The van der Waals surface area contributed by atoms with E-state index in [1.807, 2.05) is 12.1 Å². The van der Waals surface area contributed by atoms with Gasteiger partial charge in [0.2, 0.25) is 0 Å². The lowest BCUT2D eigenvalue weighted by molar-refractivity contribution is 0.165. The average molecular weight is 204 g/mol. The van der Waals surface area contributed by atoms with Crippen LogP contribution in [0.25, 0.3) is 11.0 Å². The van der Waals surface area contributed by atoms with Gasteiger partial charge < -0.3 is 4.84 Å². The van der Waals surface area contributed by atoms with Crippen LogP contribution in [0.2, 0.25) is 0 Å². The first-order chi connectivity index (χ1) is 7.33. The third-order valence-corrected chi connectivity index (χ3v) is 3.00. The predicted molar refractivity (Wildman–Crippen MR) is 57.0 cm³/mol. The summed E-state index contributed by atoms with van der Waals surface area (Å²) >= 11 is 0. The first kappa shape index (κ1) is 8.59. The molecule has 0 amide bonds. The van der Waals surface area contributed by atoms with Crippen molar-refractivity contribution in [2.45, 2.75) is 19.4 Å². The number of imidazole rings is 1. The molecular formula is C11H12N2O2. The van der Waals surface area contributed by atoms with E-state index < -0.39 is 0 Å². The highest BCUT2D eigenvalue weighted by molar-refractivity contribution is 5.80. The number of rotatable bonds is 1. The smallest absolute Gasteiger partial charge is 0.362 e. The molecule has 2 heterocycles. The maximum Gasteiger partial charge on any atom is 0.362 e. The summed E-state index contributed by atoms with van der Waals surface area (Å²) in [6.07, 6.45) is 2.07. The summed E-state index contributed by atoms with van der Waals surface area (Å²) in [5.74, 6) is 0. The number of nitrogens with zero attached hydrogens (tertiary/aromatic N) is 2. The Balaban J connectivity index is 2.54. The third-order valence-electron chi connectivity index (χ3n) is 3.00. The molecule has 4 heteroatoms. The fraction of sp³-hybridized carbons (Fsp3) is 0.364. The number of hydrogen-bond donors (Lipinski definition) is 0. The number of para-hydroxylation sites is 1. The molecule has 0 saturated carbocycles. The van der Waals surface area contributed by atoms with Crippen molar-refractivity contribution < 1.29 is 4.84 Å². The maximum atomic E-state index is 11.9. The molecule has 2 aromatic rings. The number of benzene rings is 1. The van der Waals surface area contributed by atoms with Gasteiger partial charge in [0.15, 0.2) is 0 Å². The van der Waals surface area contributed by atoms with Gasteiger partial charge in [0, 0.05) is 6.54 Å². The molecule has 0 atom stereocenters. The molecule has 1 aliphatic heterocycles. The van der Waals surface area contributed by atoms with E-state index in [-0.39, 0.29) is 5.69 Å². The summed E-state index contributed by atoms with van der Waals surface area (Å²) in [4.78, 5) is 17.0. The summed E-state index contributed by atoms with van der Waals surface area (Å²) in [6.45, 7) is 0.794. The van der Waals surface area contributed by atoms with Crippen LogP contribution in [0, 0.1) is 0 Å². The van der Waals surface area contributed by atoms with Crippen molar-refractivity contribution in [3.63, 3.8) is 0 Å². The lowest BCUT2D eigenvalue weighted by Crippen LogP contribution is -2.28. The second-order valence-corrected chi connectivity index (χ2v) is 3.80. The molecule has 0 spiro atoms. The minimum absolute atomic E-state index is 0.0698. The van der Waals surface area contributed by atoms with Crippen LogP contribution in [-0.4, -0.2) is 16.4 Å². The molecule has 1 aliphatic rings. The zero-order valence-electron chi connectivity index (χ0n) is 8.56. The van der Waals surface area contributed by atoms with Gasteiger partial charge in [-0.3, -0.25) is 4.57 Å². The molecule has 0 unspecified atom stereocenters. The first-order valence-corrected chi connectivity index (χ1v) is 5.10. The van der Waals surface area contributed by atoms with Crippen LogP contribution < -0.4 is 10.5 Å². The van der Waals surface area contributed by atoms with Crippen molar-refractivity contribution in [1.82, 2.24) is 9.30 Å². The van der Waals surface area contributed by atoms with E-state index in [9.17, 15) is 4.79 Å². The summed E-state index contributed by atoms with van der Waals surface area (Å²) in [6, 6.07) is 5.98. The fourth-order valence-electron chi connectivity index (χ4n) is 2.37.